The molecule has 0 aromatic rings. The van der Waals surface area contributed by atoms with Crippen molar-refractivity contribution in [2.75, 3.05) is 13.2 Å². The summed E-state index contributed by atoms with van der Waals surface area (Å²) in [4.78, 5) is 53.3. The molecule has 0 aromatic carbocycles. The number of carbonyl (C=O) groups excluding carboxylic acids is 4. The van der Waals surface area contributed by atoms with Crippen LogP contribution in [0.15, 0.2) is 0 Å². The molecule has 0 aliphatic heterocycles. The van der Waals surface area contributed by atoms with Crippen molar-refractivity contribution in [1.82, 2.24) is 0 Å². The summed E-state index contributed by atoms with van der Waals surface area (Å²) in [5.74, 6) is -5.34. The predicted octanol–water partition coefficient (Wildman–Crippen LogP) is 19.4. The minimum absolute atomic E-state index is 0.186. The van der Waals surface area contributed by atoms with E-state index in [0.717, 1.165) is 77.0 Å². The van der Waals surface area contributed by atoms with Crippen LogP contribution in [0.3, 0.4) is 0 Å². The zero-order chi connectivity index (χ0) is 52.2. The summed E-state index contributed by atoms with van der Waals surface area (Å²) in [6.45, 7) is 11.3. The molecule has 2 unspecified atom stereocenters. The summed E-state index contributed by atoms with van der Waals surface area (Å²) in [7, 11) is 0. The van der Waals surface area contributed by atoms with E-state index in [1.54, 1.807) is 13.8 Å². The van der Waals surface area contributed by atoms with Gasteiger partial charge in [-0.05, 0) is 25.7 Å². The molecule has 0 heterocycles. The number of carbonyl (C=O) groups is 4. The largest absolute Gasteiger partial charge is 0.459 e. The fourth-order valence-corrected chi connectivity index (χ4v) is 9.50. The Labute approximate surface area is 439 Å². The van der Waals surface area contributed by atoms with Crippen molar-refractivity contribution in [3.63, 3.8) is 0 Å². The minimum Gasteiger partial charge on any atom is -0.459 e. The van der Waals surface area contributed by atoms with E-state index in [2.05, 4.69) is 27.7 Å². The maximum atomic E-state index is 13.5. The summed E-state index contributed by atoms with van der Waals surface area (Å²) in [5.41, 5.74) is 0. The van der Waals surface area contributed by atoms with Crippen LogP contribution < -0.4 is 0 Å². The molecular weight excluding hydrogens is 889 g/mol. The van der Waals surface area contributed by atoms with Crippen LogP contribution in [-0.4, -0.2) is 48.7 Å². The third-order valence-electron chi connectivity index (χ3n) is 14.0. The molecule has 0 rings (SSSR count). The Morgan fingerprint density at radius 1 is 0.254 bits per heavy atom. The summed E-state index contributed by atoms with van der Waals surface area (Å²) < 4.78 is 30.0. The maximum Gasteiger partial charge on any atom is 0.308 e. The van der Waals surface area contributed by atoms with Gasteiger partial charge >= 0.3 is 23.9 Å². The summed E-state index contributed by atoms with van der Waals surface area (Å²) >= 11 is 0. The molecule has 0 saturated carbocycles. The quantitative estimate of drug-likeness (QED) is 0.0254. The van der Waals surface area contributed by atoms with Gasteiger partial charge in [-0.25, -0.2) is 0 Å². The molecule has 0 fully saturated rings. The third kappa shape index (κ3) is 48.5. The van der Waals surface area contributed by atoms with Crippen molar-refractivity contribution in [3.05, 3.63) is 0 Å². The minimum atomic E-state index is -1.80. The first-order valence-corrected chi connectivity index (χ1v) is 31.0. The zero-order valence-corrected chi connectivity index (χ0v) is 48.0. The molecular formula is C62H118O9. The number of ether oxygens (including phenoxy) is 5. The monoisotopic (exact) mass is 1010 g/mol. The number of rotatable bonds is 56. The fourth-order valence-electron chi connectivity index (χ4n) is 9.50. The SMILES string of the molecule is CCCCCCCCCCCCCC(=O)OCC(C)(OC(=O)CCCCCCCCCCCCC)OC(C)(COC(=O)CCCCCCCCCCCCC)OC(=O)CCCCCCCCCCCCC. The van der Waals surface area contributed by atoms with Crippen LogP contribution in [0.4, 0.5) is 0 Å². The van der Waals surface area contributed by atoms with Crippen molar-refractivity contribution >= 4 is 23.9 Å². The van der Waals surface area contributed by atoms with Gasteiger partial charge in [0.2, 0.25) is 11.6 Å². The van der Waals surface area contributed by atoms with Gasteiger partial charge in [0.1, 0.15) is 0 Å². The Bertz CT molecular complexity index is 1120. The van der Waals surface area contributed by atoms with Gasteiger partial charge in [0.25, 0.3) is 0 Å². The molecule has 0 saturated heterocycles. The topological polar surface area (TPSA) is 114 Å². The Morgan fingerprint density at radius 2 is 0.423 bits per heavy atom. The molecule has 0 spiro atoms. The van der Waals surface area contributed by atoms with E-state index in [9.17, 15) is 19.2 Å². The molecule has 2 atom stereocenters. The van der Waals surface area contributed by atoms with Crippen LogP contribution in [0.5, 0.6) is 0 Å². The van der Waals surface area contributed by atoms with Gasteiger partial charge in [-0.3, -0.25) is 23.9 Å². The molecule has 420 valence electrons. The number of hydrogen-bond donors (Lipinski definition) is 0. The molecule has 9 nitrogen and oxygen atoms in total. The highest BCUT2D eigenvalue weighted by Crippen LogP contribution is 2.28. The molecule has 0 radical (unpaired) electrons. The number of esters is 4. The highest BCUT2D eigenvalue weighted by Gasteiger charge is 2.44. The van der Waals surface area contributed by atoms with Crippen LogP contribution in [0, 0.1) is 0 Å². The van der Waals surface area contributed by atoms with E-state index in [1.165, 1.54) is 193 Å². The molecule has 0 bridgehead atoms. The summed E-state index contributed by atoms with van der Waals surface area (Å²) in [6, 6.07) is 0. The van der Waals surface area contributed by atoms with Crippen molar-refractivity contribution in [3.8, 4) is 0 Å². The normalized spacial score (nSPS) is 13.2. The van der Waals surface area contributed by atoms with Crippen molar-refractivity contribution in [2.24, 2.45) is 0 Å². The first-order valence-electron chi connectivity index (χ1n) is 31.0. The second-order valence-corrected chi connectivity index (χ2v) is 21.8. The van der Waals surface area contributed by atoms with Crippen molar-refractivity contribution in [2.45, 2.75) is 361 Å². The second-order valence-electron chi connectivity index (χ2n) is 21.8. The van der Waals surface area contributed by atoms with Crippen molar-refractivity contribution < 1.29 is 42.9 Å². The first-order chi connectivity index (χ1) is 34.5. The average molecular weight is 1010 g/mol. The maximum absolute atomic E-state index is 13.5. The third-order valence-corrected chi connectivity index (χ3v) is 14.0. The van der Waals surface area contributed by atoms with E-state index in [4.69, 9.17) is 23.7 Å². The second kappa shape index (κ2) is 51.3. The standard InChI is InChI=1S/C62H118O9/c1-7-11-15-19-23-27-31-35-39-43-47-51-57(63)67-55-61(5,69-59(65)53-49-45-41-37-33-29-25-21-17-13-9-3)71-62(6,70-60(66)54-50-46-42-38-34-30-26-22-18-14-10-4)56-68-58(64)52-48-44-40-36-32-28-24-20-16-12-8-2/h7-56H2,1-6H3. The van der Waals surface area contributed by atoms with Crippen LogP contribution in [0.25, 0.3) is 0 Å². The number of hydrogen-bond acceptors (Lipinski definition) is 9. The van der Waals surface area contributed by atoms with Gasteiger partial charge in [0.05, 0.1) is 0 Å². The Balaban J connectivity index is 5.60. The highest BCUT2D eigenvalue weighted by atomic mass is 16.8. The Hall–Kier alpha value is -2.16. The van der Waals surface area contributed by atoms with Crippen molar-refractivity contribution in [1.29, 1.82) is 0 Å². The molecule has 9 heteroatoms. The summed E-state index contributed by atoms with van der Waals surface area (Å²) in [6.07, 6.45) is 52.4. The predicted molar refractivity (Wildman–Crippen MR) is 296 cm³/mol. The van der Waals surface area contributed by atoms with Crippen LogP contribution in [0.1, 0.15) is 350 Å². The molecule has 71 heavy (non-hydrogen) atoms. The van der Waals surface area contributed by atoms with E-state index in [1.807, 2.05) is 0 Å². The van der Waals surface area contributed by atoms with E-state index in [-0.39, 0.29) is 38.9 Å². The molecule has 0 aliphatic carbocycles. The van der Waals surface area contributed by atoms with Gasteiger partial charge < -0.3 is 18.9 Å². The van der Waals surface area contributed by atoms with Gasteiger partial charge in [0, 0.05) is 39.5 Å². The van der Waals surface area contributed by atoms with E-state index < -0.39 is 35.5 Å². The van der Waals surface area contributed by atoms with Gasteiger partial charge in [-0.1, -0.05) is 285 Å². The molecule has 0 aromatic heterocycles. The fraction of sp³-hybridized carbons (Fsp3) is 0.935. The zero-order valence-electron chi connectivity index (χ0n) is 48.0. The first kappa shape index (κ1) is 68.8. The lowest BCUT2D eigenvalue weighted by atomic mass is 10.1. The van der Waals surface area contributed by atoms with Crippen LogP contribution in [-0.2, 0) is 42.9 Å². The van der Waals surface area contributed by atoms with Crippen LogP contribution >= 0.6 is 0 Å². The van der Waals surface area contributed by atoms with Crippen LogP contribution in [0.2, 0.25) is 0 Å². The van der Waals surface area contributed by atoms with Gasteiger partial charge in [-0.2, -0.15) is 0 Å². The smallest absolute Gasteiger partial charge is 0.308 e. The number of unbranched alkanes of at least 4 members (excludes halogenated alkanes) is 40. The van der Waals surface area contributed by atoms with Gasteiger partial charge in [-0.15, -0.1) is 0 Å². The molecule has 0 aliphatic rings. The van der Waals surface area contributed by atoms with E-state index >= 15 is 0 Å². The lowest BCUT2D eigenvalue weighted by Crippen LogP contribution is -2.52. The summed E-state index contributed by atoms with van der Waals surface area (Å²) in [5, 5.41) is 0. The van der Waals surface area contributed by atoms with E-state index in [0.29, 0.717) is 12.8 Å². The lowest BCUT2D eigenvalue weighted by Gasteiger charge is -2.38. The van der Waals surface area contributed by atoms with Gasteiger partial charge in [0.15, 0.2) is 13.2 Å². The average Bonchev–Trinajstić information content (AvgIpc) is 3.34. The molecule has 0 amide bonds. The molecule has 0 N–H and O–H groups in total. The lowest BCUT2D eigenvalue weighted by molar-refractivity contribution is -0.343. The Morgan fingerprint density at radius 3 is 0.620 bits per heavy atom. The highest BCUT2D eigenvalue weighted by molar-refractivity contribution is 5.71. The Kier molecular flexibility index (Phi) is 49.8.